The standard InChI is InChI=1S/C11H15N5O/c1-4-16-8(2)9(7-12-16)11(17)13-10-5-6-15(3)14-10/h5-7H,4H2,1-3H3,(H,13,14,17). The van der Waals surface area contributed by atoms with Gasteiger partial charge in [0.05, 0.1) is 11.8 Å². The summed E-state index contributed by atoms with van der Waals surface area (Å²) in [6, 6.07) is 1.75. The molecule has 2 aromatic heterocycles. The zero-order valence-electron chi connectivity index (χ0n) is 10.1. The van der Waals surface area contributed by atoms with Gasteiger partial charge < -0.3 is 5.32 Å². The van der Waals surface area contributed by atoms with Gasteiger partial charge in [0, 0.05) is 31.5 Å². The predicted octanol–water partition coefficient (Wildman–Crippen LogP) is 1.20. The van der Waals surface area contributed by atoms with Crippen LogP contribution in [0, 0.1) is 6.92 Å². The van der Waals surface area contributed by atoms with Gasteiger partial charge in [0.25, 0.3) is 5.91 Å². The smallest absolute Gasteiger partial charge is 0.260 e. The molecule has 0 aliphatic heterocycles. The molecule has 0 unspecified atom stereocenters. The highest BCUT2D eigenvalue weighted by Gasteiger charge is 2.14. The average Bonchev–Trinajstić information content (AvgIpc) is 2.85. The largest absolute Gasteiger partial charge is 0.305 e. The molecule has 2 aromatic rings. The molecule has 0 saturated heterocycles. The number of aromatic nitrogens is 4. The first-order chi connectivity index (χ1) is 8.11. The van der Waals surface area contributed by atoms with Crippen LogP contribution in [-0.2, 0) is 13.6 Å². The lowest BCUT2D eigenvalue weighted by molar-refractivity contribution is 0.102. The summed E-state index contributed by atoms with van der Waals surface area (Å²) >= 11 is 0. The number of carbonyl (C=O) groups is 1. The highest BCUT2D eigenvalue weighted by atomic mass is 16.1. The molecular weight excluding hydrogens is 218 g/mol. The molecule has 1 amide bonds. The van der Waals surface area contributed by atoms with Crippen molar-refractivity contribution in [1.82, 2.24) is 19.6 Å². The fourth-order valence-corrected chi connectivity index (χ4v) is 1.65. The van der Waals surface area contributed by atoms with Gasteiger partial charge in [0.15, 0.2) is 5.82 Å². The van der Waals surface area contributed by atoms with Crippen LogP contribution in [0.15, 0.2) is 18.5 Å². The lowest BCUT2D eigenvalue weighted by atomic mass is 10.2. The van der Waals surface area contributed by atoms with Crippen LogP contribution in [0.5, 0.6) is 0 Å². The second-order valence-electron chi connectivity index (χ2n) is 3.79. The van der Waals surface area contributed by atoms with E-state index in [2.05, 4.69) is 15.5 Å². The van der Waals surface area contributed by atoms with Crippen molar-refractivity contribution < 1.29 is 4.79 Å². The summed E-state index contributed by atoms with van der Waals surface area (Å²) in [5.74, 6) is 0.363. The van der Waals surface area contributed by atoms with Gasteiger partial charge in [-0.2, -0.15) is 10.2 Å². The summed E-state index contributed by atoms with van der Waals surface area (Å²) in [5, 5.41) is 11.0. The van der Waals surface area contributed by atoms with Crippen molar-refractivity contribution in [3.05, 3.63) is 29.7 Å². The van der Waals surface area contributed by atoms with Crippen LogP contribution < -0.4 is 5.32 Å². The number of anilines is 1. The van der Waals surface area contributed by atoms with Gasteiger partial charge in [-0.3, -0.25) is 14.2 Å². The minimum absolute atomic E-state index is 0.180. The number of nitrogens with zero attached hydrogens (tertiary/aromatic N) is 4. The first-order valence-corrected chi connectivity index (χ1v) is 5.45. The molecule has 2 rings (SSSR count). The Morgan fingerprint density at radius 3 is 2.82 bits per heavy atom. The molecule has 0 radical (unpaired) electrons. The van der Waals surface area contributed by atoms with Gasteiger partial charge in [-0.15, -0.1) is 0 Å². The Bertz CT molecular complexity index is 540. The van der Waals surface area contributed by atoms with E-state index >= 15 is 0 Å². The fourth-order valence-electron chi connectivity index (χ4n) is 1.65. The van der Waals surface area contributed by atoms with Crippen LogP contribution in [0.25, 0.3) is 0 Å². The minimum Gasteiger partial charge on any atom is -0.305 e. The summed E-state index contributed by atoms with van der Waals surface area (Å²) < 4.78 is 3.42. The topological polar surface area (TPSA) is 64.7 Å². The molecule has 2 heterocycles. The van der Waals surface area contributed by atoms with Crippen LogP contribution in [0.1, 0.15) is 23.0 Å². The molecule has 0 aromatic carbocycles. The van der Waals surface area contributed by atoms with Crippen LogP contribution >= 0.6 is 0 Å². The highest BCUT2D eigenvalue weighted by molar-refractivity contribution is 6.04. The quantitative estimate of drug-likeness (QED) is 0.866. The molecular formula is C11H15N5O. The lowest BCUT2D eigenvalue weighted by Gasteiger charge is -2.02. The third-order valence-electron chi connectivity index (χ3n) is 2.60. The summed E-state index contributed by atoms with van der Waals surface area (Å²) in [6.45, 7) is 4.62. The highest BCUT2D eigenvalue weighted by Crippen LogP contribution is 2.10. The van der Waals surface area contributed by atoms with E-state index in [1.54, 1.807) is 34.9 Å². The van der Waals surface area contributed by atoms with E-state index in [4.69, 9.17) is 0 Å². The van der Waals surface area contributed by atoms with Gasteiger partial charge in [-0.05, 0) is 13.8 Å². The molecule has 0 aliphatic rings. The fraction of sp³-hybridized carbons (Fsp3) is 0.364. The second-order valence-corrected chi connectivity index (χ2v) is 3.79. The number of hydrogen-bond acceptors (Lipinski definition) is 3. The number of hydrogen-bond donors (Lipinski definition) is 1. The Morgan fingerprint density at radius 1 is 1.53 bits per heavy atom. The molecule has 0 atom stereocenters. The van der Waals surface area contributed by atoms with Crippen molar-refractivity contribution in [1.29, 1.82) is 0 Å². The van der Waals surface area contributed by atoms with Crippen LogP contribution in [0.2, 0.25) is 0 Å². The average molecular weight is 233 g/mol. The van der Waals surface area contributed by atoms with Crippen molar-refractivity contribution in [2.45, 2.75) is 20.4 Å². The van der Waals surface area contributed by atoms with Gasteiger partial charge >= 0.3 is 0 Å². The van der Waals surface area contributed by atoms with E-state index in [1.165, 1.54) is 0 Å². The molecule has 0 saturated carbocycles. The van der Waals surface area contributed by atoms with Gasteiger partial charge in [-0.1, -0.05) is 0 Å². The zero-order valence-corrected chi connectivity index (χ0v) is 10.1. The van der Waals surface area contributed by atoms with E-state index in [1.807, 2.05) is 13.8 Å². The number of aryl methyl sites for hydroxylation is 2. The maximum atomic E-state index is 12.0. The third kappa shape index (κ3) is 2.20. The van der Waals surface area contributed by atoms with E-state index in [0.717, 1.165) is 12.2 Å². The Hall–Kier alpha value is -2.11. The van der Waals surface area contributed by atoms with Crippen molar-refractivity contribution in [3.63, 3.8) is 0 Å². The van der Waals surface area contributed by atoms with Crippen molar-refractivity contribution in [2.75, 3.05) is 5.32 Å². The predicted molar refractivity (Wildman–Crippen MR) is 63.8 cm³/mol. The Balaban J connectivity index is 2.17. The molecule has 6 heteroatoms. The number of carbonyl (C=O) groups excluding carboxylic acids is 1. The summed E-state index contributed by atoms with van der Waals surface area (Å²) in [7, 11) is 1.80. The lowest BCUT2D eigenvalue weighted by Crippen LogP contribution is -2.13. The van der Waals surface area contributed by atoms with Crippen LogP contribution in [0.3, 0.4) is 0 Å². The van der Waals surface area contributed by atoms with Gasteiger partial charge in [0.1, 0.15) is 0 Å². The molecule has 0 spiro atoms. The summed E-state index contributed by atoms with van der Waals surface area (Å²) in [6.07, 6.45) is 3.36. The maximum absolute atomic E-state index is 12.0. The zero-order chi connectivity index (χ0) is 12.4. The molecule has 17 heavy (non-hydrogen) atoms. The van der Waals surface area contributed by atoms with E-state index in [0.29, 0.717) is 11.4 Å². The Morgan fingerprint density at radius 2 is 2.29 bits per heavy atom. The number of nitrogens with one attached hydrogen (secondary N) is 1. The molecule has 1 N–H and O–H groups in total. The van der Waals surface area contributed by atoms with E-state index in [9.17, 15) is 4.79 Å². The summed E-state index contributed by atoms with van der Waals surface area (Å²) in [5.41, 5.74) is 1.44. The first-order valence-electron chi connectivity index (χ1n) is 5.45. The number of amides is 1. The van der Waals surface area contributed by atoms with E-state index in [-0.39, 0.29) is 5.91 Å². The molecule has 6 nitrogen and oxygen atoms in total. The third-order valence-corrected chi connectivity index (χ3v) is 2.60. The number of rotatable bonds is 3. The monoisotopic (exact) mass is 233 g/mol. The van der Waals surface area contributed by atoms with Gasteiger partial charge in [-0.25, -0.2) is 0 Å². The van der Waals surface area contributed by atoms with Crippen LogP contribution in [0.4, 0.5) is 5.82 Å². The van der Waals surface area contributed by atoms with Crippen LogP contribution in [-0.4, -0.2) is 25.5 Å². The van der Waals surface area contributed by atoms with Crippen molar-refractivity contribution >= 4 is 11.7 Å². The van der Waals surface area contributed by atoms with Gasteiger partial charge in [0.2, 0.25) is 0 Å². The summed E-state index contributed by atoms with van der Waals surface area (Å²) in [4.78, 5) is 12.0. The van der Waals surface area contributed by atoms with Crippen molar-refractivity contribution in [3.8, 4) is 0 Å². The molecule has 90 valence electrons. The van der Waals surface area contributed by atoms with Crippen molar-refractivity contribution in [2.24, 2.45) is 7.05 Å². The normalized spacial score (nSPS) is 10.5. The molecule has 0 fully saturated rings. The molecule has 0 aliphatic carbocycles. The maximum Gasteiger partial charge on any atom is 0.260 e. The molecule has 0 bridgehead atoms. The SMILES string of the molecule is CCn1ncc(C(=O)Nc2ccn(C)n2)c1C. The Labute approximate surface area is 99.2 Å². The minimum atomic E-state index is -0.180. The first kappa shape index (κ1) is 11.4. The second kappa shape index (κ2) is 4.40. The Kier molecular flexibility index (Phi) is 2.95. The van der Waals surface area contributed by atoms with E-state index < -0.39 is 0 Å².